The van der Waals surface area contributed by atoms with E-state index in [1.165, 1.54) is 37.8 Å². The Morgan fingerprint density at radius 2 is 2.08 bits per heavy atom. The van der Waals surface area contributed by atoms with Crippen LogP contribution < -0.4 is 0 Å². The van der Waals surface area contributed by atoms with E-state index in [0.717, 1.165) is 51.1 Å². The van der Waals surface area contributed by atoms with E-state index in [-0.39, 0.29) is 0 Å². The molecule has 1 saturated carbocycles. The molecule has 0 radical (unpaired) electrons. The number of ether oxygens (including phenoxy) is 2. The maximum atomic E-state index is 6.06. The van der Waals surface area contributed by atoms with Crippen molar-refractivity contribution in [3.05, 3.63) is 29.6 Å². The van der Waals surface area contributed by atoms with E-state index < -0.39 is 0 Å². The van der Waals surface area contributed by atoms with Crippen LogP contribution in [0.1, 0.15) is 43.5 Å². The zero-order chi connectivity index (χ0) is 16.4. The smallest absolute Gasteiger partial charge is 0.0814 e. The first-order chi connectivity index (χ1) is 11.7. The van der Waals surface area contributed by atoms with Crippen molar-refractivity contribution in [3.63, 3.8) is 0 Å². The third-order valence-electron chi connectivity index (χ3n) is 5.89. The number of piperidine rings is 1. The van der Waals surface area contributed by atoms with Crippen molar-refractivity contribution < 1.29 is 9.47 Å². The first kappa shape index (κ1) is 16.5. The highest BCUT2D eigenvalue weighted by atomic mass is 16.5. The molecule has 1 aromatic rings. The first-order valence-corrected chi connectivity index (χ1v) is 9.55. The fraction of sp³-hybridized carbons (Fsp3) is 0.750. The van der Waals surface area contributed by atoms with Crippen LogP contribution in [0.15, 0.2) is 18.2 Å². The summed E-state index contributed by atoms with van der Waals surface area (Å²) in [7, 11) is 0. The van der Waals surface area contributed by atoms with Crippen molar-refractivity contribution in [2.75, 3.05) is 32.9 Å². The summed E-state index contributed by atoms with van der Waals surface area (Å²) in [5, 5.41) is 0. The molecular formula is C20H30N2O2. The molecule has 0 unspecified atom stereocenters. The normalized spacial score (nSPS) is 27.0. The summed E-state index contributed by atoms with van der Waals surface area (Å²) < 4.78 is 11.9. The second-order valence-corrected chi connectivity index (χ2v) is 8.16. The summed E-state index contributed by atoms with van der Waals surface area (Å²) in [6.45, 7) is 8.05. The average molecular weight is 330 g/mol. The van der Waals surface area contributed by atoms with Gasteiger partial charge in [0, 0.05) is 18.8 Å². The molecule has 1 aliphatic carbocycles. The lowest BCUT2D eigenvalue weighted by molar-refractivity contribution is 0.00915. The van der Waals surface area contributed by atoms with Gasteiger partial charge in [-0.25, -0.2) is 0 Å². The van der Waals surface area contributed by atoms with Crippen LogP contribution in [-0.2, 0) is 16.0 Å². The van der Waals surface area contributed by atoms with Crippen LogP contribution in [-0.4, -0.2) is 48.9 Å². The molecule has 0 bridgehead atoms. The quantitative estimate of drug-likeness (QED) is 0.802. The molecule has 1 spiro atoms. The maximum absolute atomic E-state index is 6.06. The van der Waals surface area contributed by atoms with Crippen molar-refractivity contribution in [1.29, 1.82) is 0 Å². The van der Waals surface area contributed by atoms with E-state index in [0.29, 0.717) is 11.5 Å². The molecule has 2 saturated heterocycles. The lowest BCUT2D eigenvalue weighted by Gasteiger charge is -2.38. The van der Waals surface area contributed by atoms with Gasteiger partial charge in [-0.3, -0.25) is 9.88 Å². The van der Waals surface area contributed by atoms with Crippen molar-refractivity contribution in [2.24, 2.45) is 11.3 Å². The molecule has 3 aliphatic rings. The Labute approximate surface area is 145 Å². The fourth-order valence-electron chi connectivity index (χ4n) is 4.10. The summed E-state index contributed by atoms with van der Waals surface area (Å²) in [5.41, 5.74) is 2.71. The molecule has 2 aliphatic heterocycles. The van der Waals surface area contributed by atoms with Gasteiger partial charge in [-0.2, -0.15) is 0 Å². The fourth-order valence-corrected chi connectivity index (χ4v) is 4.10. The number of hydrogen-bond donors (Lipinski definition) is 0. The summed E-state index contributed by atoms with van der Waals surface area (Å²) in [6.07, 6.45) is 6.74. The highest BCUT2D eigenvalue weighted by Crippen LogP contribution is 2.42. The molecule has 1 atom stereocenters. The van der Waals surface area contributed by atoms with E-state index in [9.17, 15) is 0 Å². The molecule has 0 N–H and O–H groups in total. The lowest BCUT2D eigenvalue weighted by Crippen LogP contribution is -2.40. The van der Waals surface area contributed by atoms with Crippen molar-refractivity contribution in [3.8, 4) is 0 Å². The third kappa shape index (κ3) is 4.16. The van der Waals surface area contributed by atoms with E-state index in [1.54, 1.807) is 0 Å². The van der Waals surface area contributed by atoms with Gasteiger partial charge in [0.1, 0.15) is 0 Å². The molecule has 3 heterocycles. The van der Waals surface area contributed by atoms with Crippen molar-refractivity contribution in [1.82, 2.24) is 9.88 Å². The molecule has 0 aromatic carbocycles. The molecule has 1 aromatic heterocycles. The Bertz CT molecular complexity index is 550. The number of rotatable bonds is 6. The van der Waals surface area contributed by atoms with E-state index >= 15 is 0 Å². The van der Waals surface area contributed by atoms with Gasteiger partial charge in [0.25, 0.3) is 0 Å². The van der Waals surface area contributed by atoms with E-state index in [1.807, 2.05) is 0 Å². The van der Waals surface area contributed by atoms with Crippen LogP contribution in [0, 0.1) is 18.3 Å². The van der Waals surface area contributed by atoms with Gasteiger partial charge in [0.05, 0.1) is 25.0 Å². The van der Waals surface area contributed by atoms with Crippen LogP contribution in [0.5, 0.6) is 0 Å². The Balaban J connectivity index is 1.22. The van der Waals surface area contributed by atoms with Gasteiger partial charge in [-0.1, -0.05) is 6.07 Å². The highest BCUT2D eigenvalue weighted by molar-refractivity contribution is 5.10. The van der Waals surface area contributed by atoms with Gasteiger partial charge in [-0.05, 0) is 75.6 Å². The van der Waals surface area contributed by atoms with E-state index in [4.69, 9.17) is 9.47 Å². The Hall–Kier alpha value is -0.970. The number of aromatic nitrogens is 1. The topological polar surface area (TPSA) is 34.6 Å². The molecular weight excluding hydrogens is 300 g/mol. The largest absolute Gasteiger partial charge is 0.378 e. The van der Waals surface area contributed by atoms with Crippen LogP contribution in [0.2, 0.25) is 0 Å². The predicted octanol–water partition coefficient (Wildman–Crippen LogP) is 3.19. The summed E-state index contributed by atoms with van der Waals surface area (Å²) in [6, 6.07) is 6.32. The lowest BCUT2D eigenvalue weighted by atomic mass is 9.76. The van der Waals surface area contributed by atoms with Gasteiger partial charge in [0.2, 0.25) is 0 Å². The molecule has 0 amide bonds. The number of pyridine rings is 1. The minimum Gasteiger partial charge on any atom is -0.378 e. The Morgan fingerprint density at radius 1 is 1.25 bits per heavy atom. The Kier molecular flexibility index (Phi) is 4.88. The molecule has 4 rings (SSSR count). The minimum absolute atomic E-state index is 0.328. The number of aryl methyl sites for hydroxylation is 1. The SMILES string of the molecule is Cc1cccc(CN2CCC3(CC2)CO[C@@H](COCC2CC2)C3)n1. The molecule has 3 fully saturated rings. The third-order valence-corrected chi connectivity index (χ3v) is 5.89. The van der Waals surface area contributed by atoms with Crippen LogP contribution in [0.4, 0.5) is 0 Å². The second-order valence-electron chi connectivity index (χ2n) is 8.16. The van der Waals surface area contributed by atoms with Crippen LogP contribution in [0.25, 0.3) is 0 Å². The predicted molar refractivity (Wildman–Crippen MR) is 93.8 cm³/mol. The summed E-state index contributed by atoms with van der Waals surface area (Å²) in [5.74, 6) is 0.846. The van der Waals surface area contributed by atoms with Gasteiger partial charge < -0.3 is 9.47 Å². The summed E-state index contributed by atoms with van der Waals surface area (Å²) in [4.78, 5) is 7.18. The van der Waals surface area contributed by atoms with Gasteiger partial charge in [0.15, 0.2) is 0 Å². The Morgan fingerprint density at radius 3 is 2.83 bits per heavy atom. The average Bonchev–Trinajstić information content (AvgIpc) is 3.31. The molecule has 4 heteroatoms. The monoisotopic (exact) mass is 330 g/mol. The van der Waals surface area contributed by atoms with Crippen molar-refractivity contribution in [2.45, 2.75) is 51.7 Å². The van der Waals surface area contributed by atoms with E-state index in [2.05, 4.69) is 35.0 Å². The van der Waals surface area contributed by atoms with Crippen molar-refractivity contribution >= 4 is 0 Å². The van der Waals surface area contributed by atoms with Crippen LogP contribution >= 0.6 is 0 Å². The molecule has 4 nitrogen and oxygen atoms in total. The van der Waals surface area contributed by atoms with Gasteiger partial charge >= 0.3 is 0 Å². The summed E-state index contributed by atoms with van der Waals surface area (Å²) >= 11 is 0. The van der Waals surface area contributed by atoms with Crippen LogP contribution in [0.3, 0.4) is 0 Å². The zero-order valence-corrected chi connectivity index (χ0v) is 14.9. The molecule has 24 heavy (non-hydrogen) atoms. The second kappa shape index (κ2) is 7.11. The number of nitrogens with zero attached hydrogens (tertiary/aromatic N) is 2. The maximum Gasteiger partial charge on any atom is 0.0814 e. The zero-order valence-electron chi connectivity index (χ0n) is 14.9. The highest BCUT2D eigenvalue weighted by Gasteiger charge is 2.42. The van der Waals surface area contributed by atoms with Gasteiger partial charge in [-0.15, -0.1) is 0 Å². The minimum atomic E-state index is 0.328. The number of likely N-dealkylation sites (tertiary alicyclic amines) is 1. The standard InChI is InChI=1S/C20H30N2O2/c1-16-3-2-4-18(21-16)12-22-9-7-20(8-10-22)11-19(24-15-20)14-23-13-17-5-6-17/h2-4,17,19H,5-15H2,1H3/t19-/m1/s1. The first-order valence-electron chi connectivity index (χ1n) is 9.55. The number of hydrogen-bond acceptors (Lipinski definition) is 4. The molecule has 132 valence electrons.